The summed E-state index contributed by atoms with van der Waals surface area (Å²) in [5.74, 6) is 0. The highest BCUT2D eigenvalue weighted by Crippen LogP contribution is 2.32. The molecule has 1 saturated heterocycles. The number of likely N-dealkylation sites (N-methyl/N-ethyl adjacent to an activating group) is 1. The van der Waals surface area contributed by atoms with Crippen molar-refractivity contribution in [1.82, 2.24) is 9.80 Å². The van der Waals surface area contributed by atoms with E-state index in [4.69, 9.17) is 0 Å². The number of benzene rings is 1. The highest BCUT2D eigenvalue weighted by molar-refractivity contribution is 5.28. The number of halogens is 3. The van der Waals surface area contributed by atoms with Crippen LogP contribution in [-0.2, 0) is 6.18 Å². The summed E-state index contributed by atoms with van der Waals surface area (Å²) in [6.45, 7) is 7.42. The van der Waals surface area contributed by atoms with Crippen molar-refractivity contribution >= 4 is 0 Å². The van der Waals surface area contributed by atoms with E-state index in [2.05, 4.69) is 23.6 Å². The molecule has 0 spiro atoms. The number of piperazine rings is 1. The van der Waals surface area contributed by atoms with Crippen LogP contribution in [0.1, 0.15) is 31.0 Å². The van der Waals surface area contributed by atoms with Crippen LogP contribution in [0.4, 0.5) is 13.2 Å². The number of aliphatic hydroxyl groups excluding tert-OH is 1. The van der Waals surface area contributed by atoms with E-state index < -0.39 is 17.8 Å². The molecule has 2 unspecified atom stereocenters. The summed E-state index contributed by atoms with van der Waals surface area (Å²) in [6, 6.07) is 5.09. The van der Waals surface area contributed by atoms with Gasteiger partial charge in [0, 0.05) is 25.7 Å². The molecule has 0 aliphatic carbocycles. The monoisotopic (exact) mass is 316 g/mol. The molecule has 0 saturated carbocycles. The van der Waals surface area contributed by atoms with Gasteiger partial charge in [-0.25, -0.2) is 0 Å². The molecule has 1 aliphatic heterocycles. The van der Waals surface area contributed by atoms with E-state index in [0.717, 1.165) is 38.3 Å². The fourth-order valence-electron chi connectivity index (χ4n) is 3.12. The van der Waals surface area contributed by atoms with Crippen LogP contribution in [-0.4, -0.2) is 53.7 Å². The van der Waals surface area contributed by atoms with Crippen LogP contribution in [0, 0.1) is 0 Å². The van der Waals surface area contributed by atoms with Gasteiger partial charge in [0.05, 0.1) is 18.2 Å². The number of rotatable bonds is 4. The van der Waals surface area contributed by atoms with E-state index in [1.54, 1.807) is 6.07 Å². The molecule has 1 N–H and O–H groups in total. The second-order valence-corrected chi connectivity index (χ2v) is 5.80. The van der Waals surface area contributed by atoms with Crippen LogP contribution < -0.4 is 0 Å². The van der Waals surface area contributed by atoms with Crippen molar-refractivity contribution < 1.29 is 18.3 Å². The summed E-state index contributed by atoms with van der Waals surface area (Å²) in [6.07, 6.45) is -4.36. The van der Waals surface area contributed by atoms with E-state index in [1.807, 2.05) is 0 Å². The van der Waals surface area contributed by atoms with Gasteiger partial charge < -0.3 is 10.0 Å². The van der Waals surface area contributed by atoms with Gasteiger partial charge in [0.1, 0.15) is 0 Å². The number of hydrogen-bond acceptors (Lipinski definition) is 3. The van der Waals surface area contributed by atoms with E-state index in [1.165, 1.54) is 6.07 Å². The fraction of sp³-hybridized carbons (Fsp3) is 0.625. The molecule has 0 aromatic heterocycles. The number of hydrogen-bond donors (Lipinski definition) is 1. The molecule has 1 heterocycles. The first kappa shape index (κ1) is 17.2. The lowest BCUT2D eigenvalue weighted by atomic mass is 10.00. The standard InChI is InChI=1S/C16H23F3N2O/c1-3-20-7-8-21(12(2)10-20)15(11-22)13-5-4-6-14(9-13)16(17,18)19/h4-6,9,12,15,22H,3,7-8,10-11H2,1-2H3. The lowest BCUT2D eigenvalue weighted by molar-refractivity contribution is -0.137. The second-order valence-electron chi connectivity index (χ2n) is 5.80. The van der Waals surface area contributed by atoms with Gasteiger partial charge in [-0.1, -0.05) is 19.1 Å². The summed E-state index contributed by atoms with van der Waals surface area (Å²) in [5.41, 5.74) is -0.141. The Bertz CT molecular complexity index is 493. The van der Waals surface area contributed by atoms with Crippen molar-refractivity contribution in [1.29, 1.82) is 0 Å². The summed E-state index contributed by atoms with van der Waals surface area (Å²) in [5, 5.41) is 9.73. The number of aliphatic hydroxyl groups is 1. The lowest BCUT2D eigenvalue weighted by Gasteiger charge is -2.43. The van der Waals surface area contributed by atoms with E-state index in [0.29, 0.717) is 5.56 Å². The van der Waals surface area contributed by atoms with Crippen LogP contribution in [0.2, 0.25) is 0 Å². The Morgan fingerprint density at radius 2 is 2.05 bits per heavy atom. The summed E-state index contributed by atoms with van der Waals surface area (Å²) in [4.78, 5) is 4.41. The molecule has 1 aromatic carbocycles. The van der Waals surface area contributed by atoms with Gasteiger partial charge in [-0.3, -0.25) is 4.90 Å². The molecule has 1 fully saturated rings. The molecule has 1 aliphatic rings. The van der Waals surface area contributed by atoms with Crippen molar-refractivity contribution in [2.24, 2.45) is 0 Å². The predicted octanol–water partition coefficient (Wildman–Crippen LogP) is 2.76. The van der Waals surface area contributed by atoms with Gasteiger partial charge >= 0.3 is 6.18 Å². The molecule has 6 heteroatoms. The molecule has 1 aromatic rings. The van der Waals surface area contributed by atoms with Gasteiger partial charge in [-0.05, 0) is 31.2 Å². The maximum Gasteiger partial charge on any atom is 0.416 e. The average Bonchev–Trinajstić information content (AvgIpc) is 2.49. The molecule has 2 atom stereocenters. The highest BCUT2D eigenvalue weighted by Gasteiger charge is 2.33. The van der Waals surface area contributed by atoms with Crippen LogP contribution >= 0.6 is 0 Å². The molecule has 22 heavy (non-hydrogen) atoms. The minimum absolute atomic E-state index is 0.183. The van der Waals surface area contributed by atoms with E-state index in [9.17, 15) is 18.3 Å². The third-order valence-electron chi connectivity index (χ3n) is 4.38. The summed E-state index contributed by atoms with van der Waals surface area (Å²) >= 11 is 0. The molecular formula is C16H23F3N2O. The van der Waals surface area contributed by atoms with Gasteiger partial charge in [0.2, 0.25) is 0 Å². The first-order valence-electron chi connectivity index (χ1n) is 7.63. The summed E-state index contributed by atoms with van der Waals surface area (Å²) in [7, 11) is 0. The Morgan fingerprint density at radius 1 is 1.32 bits per heavy atom. The normalized spacial score (nSPS) is 22.7. The first-order chi connectivity index (χ1) is 10.4. The second kappa shape index (κ2) is 6.98. The molecule has 0 radical (unpaired) electrons. The Balaban J connectivity index is 2.22. The maximum absolute atomic E-state index is 12.9. The third kappa shape index (κ3) is 3.80. The van der Waals surface area contributed by atoms with Gasteiger partial charge in [-0.2, -0.15) is 13.2 Å². The SMILES string of the molecule is CCN1CCN(C(CO)c2cccc(C(F)(F)F)c2)C(C)C1. The van der Waals surface area contributed by atoms with Gasteiger partial charge in [0.15, 0.2) is 0 Å². The van der Waals surface area contributed by atoms with E-state index in [-0.39, 0.29) is 12.6 Å². The third-order valence-corrected chi connectivity index (χ3v) is 4.38. The fourth-order valence-corrected chi connectivity index (χ4v) is 3.12. The van der Waals surface area contributed by atoms with Gasteiger partial charge in [0.25, 0.3) is 0 Å². The van der Waals surface area contributed by atoms with Crippen LogP contribution in [0.15, 0.2) is 24.3 Å². The molecule has 2 rings (SSSR count). The van der Waals surface area contributed by atoms with Gasteiger partial charge in [-0.15, -0.1) is 0 Å². The largest absolute Gasteiger partial charge is 0.416 e. The Hall–Kier alpha value is -1.11. The topological polar surface area (TPSA) is 26.7 Å². The minimum atomic E-state index is -4.36. The zero-order valence-corrected chi connectivity index (χ0v) is 13.0. The van der Waals surface area contributed by atoms with Crippen molar-refractivity contribution in [2.45, 2.75) is 32.1 Å². The highest BCUT2D eigenvalue weighted by atomic mass is 19.4. The van der Waals surface area contributed by atoms with Crippen molar-refractivity contribution in [2.75, 3.05) is 32.8 Å². The maximum atomic E-state index is 12.9. The Labute approximate surface area is 129 Å². The first-order valence-corrected chi connectivity index (χ1v) is 7.63. The number of nitrogens with zero attached hydrogens (tertiary/aromatic N) is 2. The molecular weight excluding hydrogens is 293 g/mol. The number of alkyl halides is 3. The zero-order valence-electron chi connectivity index (χ0n) is 13.0. The minimum Gasteiger partial charge on any atom is -0.394 e. The van der Waals surface area contributed by atoms with Crippen LogP contribution in [0.3, 0.4) is 0 Å². The van der Waals surface area contributed by atoms with Crippen molar-refractivity contribution in [3.8, 4) is 0 Å². The predicted molar refractivity (Wildman–Crippen MR) is 79.6 cm³/mol. The average molecular weight is 316 g/mol. The molecule has 3 nitrogen and oxygen atoms in total. The van der Waals surface area contributed by atoms with Crippen molar-refractivity contribution in [3.63, 3.8) is 0 Å². The Kier molecular flexibility index (Phi) is 5.47. The van der Waals surface area contributed by atoms with Crippen molar-refractivity contribution in [3.05, 3.63) is 35.4 Å². The lowest BCUT2D eigenvalue weighted by Crippen LogP contribution is -2.53. The Morgan fingerprint density at radius 3 is 2.59 bits per heavy atom. The smallest absolute Gasteiger partial charge is 0.394 e. The quantitative estimate of drug-likeness (QED) is 0.925. The zero-order chi connectivity index (χ0) is 16.3. The summed E-state index contributed by atoms with van der Waals surface area (Å²) < 4.78 is 38.6. The van der Waals surface area contributed by atoms with E-state index >= 15 is 0 Å². The molecule has 124 valence electrons. The van der Waals surface area contributed by atoms with Crippen LogP contribution in [0.25, 0.3) is 0 Å². The molecule has 0 bridgehead atoms. The molecule has 0 amide bonds. The van der Waals surface area contributed by atoms with Crippen LogP contribution in [0.5, 0.6) is 0 Å².